The second-order valence-corrected chi connectivity index (χ2v) is 7.15. The number of carbonyl (C=O) groups excluding carboxylic acids is 1. The molecular formula is C17H26ClN2O+. The van der Waals surface area contributed by atoms with Gasteiger partial charge in [0.1, 0.15) is 0 Å². The highest BCUT2D eigenvalue weighted by Crippen LogP contribution is 2.26. The van der Waals surface area contributed by atoms with E-state index in [1.165, 1.54) is 25.7 Å². The van der Waals surface area contributed by atoms with Gasteiger partial charge >= 0.3 is 0 Å². The predicted octanol–water partition coefficient (Wildman–Crippen LogP) is 3.54. The number of nitrogens with zero attached hydrogens (tertiary/aromatic N) is 1. The van der Waals surface area contributed by atoms with Crippen LogP contribution in [0.5, 0.6) is 0 Å². The summed E-state index contributed by atoms with van der Waals surface area (Å²) in [6.45, 7) is 2.55. The molecule has 1 aliphatic rings. The lowest BCUT2D eigenvalue weighted by Gasteiger charge is -2.35. The Morgan fingerprint density at radius 3 is 2.43 bits per heavy atom. The smallest absolute Gasteiger partial charge is 0.275 e. The Morgan fingerprint density at radius 2 is 1.86 bits per heavy atom. The summed E-state index contributed by atoms with van der Waals surface area (Å²) in [4.78, 5) is 12.3. The topological polar surface area (TPSA) is 29.1 Å². The molecule has 1 N–H and O–H groups in total. The third kappa shape index (κ3) is 4.45. The highest BCUT2D eigenvalue weighted by Gasteiger charge is 2.33. The van der Waals surface area contributed by atoms with Gasteiger partial charge in [-0.15, -0.1) is 0 Å². The summed E-state index contributed by atoms with van der Waals surface area (Å²) < 4.78 is 0.791. The van der Waals surface area contributed by atoms with Gasteiger partial charge in [-0.2, -0.15) is 0 Å². The quantitative estimate of drug-likeness (QED) is 0.828. The van der Waals surface area contributed by atoms with E-state index in [2.05, 4.69) is 19.4 Å². The van der Waals surface area contributed by atoms with Crippen molar-refractivity contribution in [2.24, 2.45) is 0 Å². The minimum atomic E-state index is 0.0124. The van der Waals surface area contributed by atoms with Gasteiger partial charge in [0.2, 0.25) is 0 Å². The average molecular weight is 310 g/mol. The van der Waals surface area contributed by atoms with Crippen molar-refractivity contribution in [3.8, 4) is 0 Å². The van der Waals surface area contributed by atoms with Crippen molar-refractivity contribution in [2.45, 2.75) is 44.7 Å². The van der Waals surface area contributed by atoms with Gasteiger partial charge in [-0.25, -0.2) is 0 Å². The summed E-state index contributed by atoms with van der Waals surface area (Å²) in [5.74, 6) is 0.120. The molecule has 0 unspecified atom stereocenters. The Hall–Kier alpha value is -1.06. The van der Waals surface area contributed by atoms with E-state index in [4.69, 9.17) is 11.6 Å². The van der Waals surface area contributed by atoms with Crippen LogP contribution in [0.2, 0.25) is 5.02 Å². The molecule has 0 heterocycles. The van der Waals surface area contributed by atoms with Crippen molar-refractivity contribution in [2.75, 3.05) is 20.6 Å². The zero-order valence-corrected chi connectivity index (χ0v) is 14.0. The Balaban J connectivity index is 1.90. The third-order valence-electron chi connectivity index (χ3n) is 4.61. The molecule has 0 spiro atoms. The fraction of sp³-hybridized carbons (Fsp3) is 0.588. The molecule has 1 aromatic carbocycles. The Labute approximate surface area is 132 Å². The molecule has 0 aromatic heterocycles. The highest BCUT2D eigenvalue weighted by molar-refractivity contribution is 6.30. The second kappa shape index (κ2) is 6.80. The first kappa shape index (κ1) is 16.3. The van der Waals surface area contributed by atoms with Crippen molar-refractivity contribution in [1.29, 1.82) is 0 Å². The standard InChI is InChI=1S/C17H25ClN2O/c1-13(14-8-10-15(18)11-9-14)19-17(21)12-20(2,3)16-6-4-5-7-16/h8-11,13,16H,4-7,12H2,1-3H3/p+1/t13-/m0/s1. The number of likely N-dealkylation sites (N-methyl/N-ethyl adjacent to an activating group) is 1. The van der Waals surface area contributed by atoms with Crippen LogP contribution in [0.3, 0.4) is 0 Å². The van der Waals surface area contributed by atoms with Gasteiger partial charge in [0.15, 0.2) is 6.54 Å². The summed E-state index contributed by atoms with van der Waals surface area (Å²) in [6.07, 6.45) is 5.09. The number of nitrogens with one attached hydrogen (secondary N) is 1. The summed E-state index contributed by atoms with van der Waals surface area (Å²) >= 11 is 5.89. The van der Waals surface area contributed by atoms with E-state index in [1.54, 1.807) is 0 Å². The fourth-order valence-corrected chi connectivity index (χ4v) is 3.35. The number of quaternary nitrogens is 1. The number of hydrogen-bond acceptors (Lipinski definition) is 1. The van der Waals surface area contributed by atoms with Crippen LogP contribution >= 0.6 is 11.6 Å². The maximum absolute atomic E-state index is 12.3. The van der Waals surface area contributed by atoms with Crippen molar-refractivity contribution in [1.82, 2.24) is 5.32 Å². The molecule has 21 heavy (non-hydrogen) atoms. The molecule has 1 aliphatic carbocycles. The number of amides is 1. The van der Waals surface area contributed by atoms with Gasteiger partial charge in [-0.3, -0.25) is 4.79 Å². The first-order chi connectivity index (χ1) is 9.88. The lowest BCUT2D eigenvalue weighted by atomic mass is 10.1. The van der Waals surface area contributed by atoms with Crippen LogP contribution < -0.4 is 5.32 Å². The summed E-state index contributed by atoms with van der Waals surface area (Å²) in [7, 11) is 4.34. The van der Waals surface area contributed by atoms with Gasteiger partial charge in [0, 0.05) is 5.02 Å². The number of halogens is 1. The molecule has 0 radical (unpaired) electrons. The van der Waals surface area contributed by atoms with Gasteiger partial charge in [0.25, 0.3) is 5.91 Å². The normalized spacial score (nSPS) is 17.7. The van der Waals surface area contributed by atoms with Crippen LogP contribution in [0.4, 0.5) is 0 Å². The molecule has 0 bridgehead atoms. The lowest BCUT2D eigenvalue weighted by molar-refractivity contribution is -0.906. The minimum Gasteiger partial charge on any atom is -0.345 e. The molecule has 1 saturated carbocycles. The SMILES string of the molecule is C[C@H](NC(=O)C[N+](C)(C)C1CCCC1)c1ccc(Cl)cc1. The predicted molar refractivity (Wildman–Crippen MR) is 87.2 cm³/mol. The number of hydrogen-bond donors (Lipinski definition) is 1. The maximum Gasteiger partial charge on any atom is 0.275 e. The van der Waals surface area contributed by atoms with E-state index < -0.39 is 0 Å². The first-order valence-corrected chi connectivity index (χ1v) is 8.14. The Bertz CT molecular complexity index is 478. The van der Waals surface area contributed by atoms with E-state index in [0.717, 1.165) is 15.1 Å². The van der Waals surface area contributed by atoms with Gasteiger partial charge in [-0.1, -0.05) is 23.7 Å². The lowest BCUT2D eigenvalue weighted by Crippen LogP contribution is -2.53. The van der Waals surface area contributed by atoms with E-state index >= 15 is 0 Å². The third-order valence-corrected chi connectivity index (χ3v) is 4.86. The maximum atomic E-state index is 12.3. The van der Waals surface area contributed by atoms with Crippen LogP contribution in [-0.2, 0) is 4.79 Å². The largest absolute Gasteiger partial charge is 0.345 e. The number of rotatable bonds is 5. The van der Waals surface area contributed by atoms with E-state index in [1.807, 2.05) is 31.2 Å². The van der Waals surface area contributed by atoms with Crippen LogP contribution in [0, 0.1) is 0 Å². The van der Waals surface area contributed by atoms with Gasteiger partial charge in [-0.05, 0) is 50.3 Å². The summed E-state index contributed by atoms with van der Waals surface area (Å²) in [5, 5.41) is 3.82. The molecule has 0 saturated heterocycles. The molecule has 4 heteroatoms. The molecule has 1 aromatic rings. The molecule has 3 nitrogen and oxygen atoms in total. The average Bonchev–Trinajstić information content (AvgIpc) is 2.93. The Kier molecular flexibility index (Phi) is 5.28. The van der Waals surface area contributed by atoms with Crippen LogP contribution in [0.1, 0.15) is 44.2 Å². The van der Waals surface area contributed by atoms with Crippen LogP contribution in [0.25, 0.3) is 0 Å². The number of benzene rings is 1. The monoisotopic (exact) mass is 309 g/mol. The molecule has 116 valence electrons. The molecular weight excluding hydrogens is 284 g/mol. The first-order valence-electron chi connectivity index (χ1n) is 7.76. The zero-order valence-electron chi connectivity index (χ0n) is 13.2. The molecule has 1 amide bonds. The van der Waals surface area contributed by atoms with Crippen molar-refractivity contribution in [3.63, 3.8) is 0 Å². The van der Waals surface area contributed by atoms with Crippen LogP contribution in [-0.4, -0.2) is 37.1 Å². The van der Waals surface area contributed by atoms with Crippen LogP contribution in [0.15, 0.2) is 24.3 Å². The van der Waals surface area contributed by atoms with Crippen molar-refractivity contribution < 1.29 is 9.28 Å². The van der Waals surface area contributed by atoms with E-state index in [-0.39, 0.29) is 11.9 Å². The van der Waals surface area contributed by atoms with Gasteiger partial charge < -0.3 is 9.80 Å². The fourth-order valence-electron chi connectivity index (χ4n) is 3.22. The molecule has 1 fully saturated rings. The highest BCUT2D eigenvalue weighted by atomic mass is 35.5. The number of carbonyl (C=O) groups is 1. The van der Waals surface area contributed by atoms with E-state index in [0.29, 0.717) is 12.6 Å². The Morgan fingerprint density at radius 1 is 1.29 bits per heavy atom. The summed E-state index contributed by atoms with van der Waals surface area (Å²) in [5.41, 5.74) is 1.08. The molecule has 1 atom stereocenters. The van der Waals surface area contributed by atoms with Gasteiger partial charge in [0.05, 0.1) is 26.2 Å². The zero-order chi connectivity index (χ0) is 15.5. The van der Waals surface area contributed by atoms with E-state index in [9.17, 15) is 4.79 Å². The minimum absolute atomic E-state index is 0.0124. The molecule has 0 aliphatic heterocycles. The van der Waals surface area contributed by atoms with Crippen molar-refractivity contribution in [3.05, 3.63) is 34.9 Å². The second-order valence-electron chi connectivity index (χ2n) is 6.72. The molecule has 2 rings (SSSR count). The van der Waals surface area contributed by atoms with Crippen molar-refractivity contribution >= 4 is 17.5 Å². The summed E-state index contributed by atoms with van der Waals surface area (Å²) in [6, 6.07) is 8.28.